The first kappa shape index (κ1) is 17.9. The smallest absolute Gasteiger partial charge is 0.126 e. The van der Waals surface area contributed by atoms with Crippen molar-refractivity contribution in [3.63, 3.8) is 0 Å². The van der Waals surface area contributed by atoms with E-state index in [1.807, 2.05) is 24.9 Å². The van der Waals surface area contributed by atoms with Gasteiger partial charge in [0.05, 0.1) is 5.60 Å². The fourth-order valence-corrected chi connectivity index (χ4v) is 2.50. The minimum atomic E-state index is -0.797. The number of aliphatic hydroxyl groups is 1. The van der Waals surface area contributed by atoms with E-state index in [2.05, 4.69) is 12.2 Å². The molecule has 1 aromatic rings. The van der Waals surface area contributed by atoms with Crippen molar-refractivity contribution in [2.75, 3.05) is 25.0 Å². The van der Waals surface area contributed by atoms with E-state index in [-0.39, 0.29) is 11.9 Å². The summed E-state index contributed by atoms with van der Waals surface area (Å²) in [5, 5.41) is 13.4. The Balaban J connectivity index is 3.13. The first-order valence-electron chi connectivity index (χ1n) is 7.62. The normalized spacial score (nSPS) is 13.3. The van der Waals surface area contributed by atoms with Crippen molar-refractivity contribution in [3.8, 4) is 0 Å². The van der Waals surface area contributed by atoms with E-state index < -0.39 is 5.60 Å². The van der Waals surface area contributed by atoms with Crippen LogP contribution in [-0.4, -0.2) is 30.8 Å². The quantitative estimate of drug-likeness (QED) is 0.809. The number of benzene rings is 1. The van der Waals surface area contributed by atoms with E-state index in [1.165, 1.54) is 0 Å². The van der Waals surface area contributed by atoms with E-state index in [0.717, 1.165) is 24.2 Å². The van der Waals surface area contributed by atoms with Gasteiger partial charge in [0, 0.05) is 25.3 Å². The summed E-state index contributed by atoms with van der Waals surface area (Å²) in [4.78, 5) is 1.99. The molecule has 1 atom stereocenters. The maximum Gasteiger partial charge on any atom is 0.126 e. The first-order chi connectivity index (χ1) is 9.65. The molecule has 0 bridgehead atoms. The summed E-state index contributed by atoms with van der Waals surface area (Å²) in [5.41, 5.74) is 1.72. The Labute approximate surface area is 128 Å². The predicted molar refractivity (Wildman–Crippen MR) is 87.4 cm³/mol. The molecule has 0 fully saturated rings. The Kier molecular flexibility index (Phi) is 6.17. The van der Waals surface area contributed by atoms with Gasteiger partial charge in [0.25, 0.3) is 0 Å². The monoisotopic (exact) mass is 296 g/mol. The number of hydrogen-bond acceptors (Lipinski definition) is 3. The zero-order chi connectivity index (χ0) is 16.2. The van der Waals surface area contributed by atoms with Crippen LogP contribution in [0.3, 0.4) is 0 Å². The SMILES string of the molecule is CCCNC(C)c1cc(F)c(C)cc1N(C)CC(C)(C)O. The predicted octanol–water partition coefficient (Wildman–Crippen LogP) is 3.40. The molecule has 1 aromatic carbocycles. The van der Waals surface area contributed by atoms with Gasteiger partial charge in [0.15, 0.2) is 0 Å². The molecule has 0 aromatic heterocycles. The Hall–Kier alpha value is -1.13. The van der Waals surface area contributed by atoms with Crippen LogP contribution >= 0.6 is 0 Å². The summed E-state index contributed by atoms with van der Waals surface area (Å²) in [5.74, 6) is -0.185. The number of nitrogens with one attached hydrogen (secondary N) is 1. The maximum absolute atomic E-state index is 13.9. The lowest BCUT2D eigenvalue weighted by Gasteiger charge is -2.31. The van der Waals surface area contributed by atoms with Crippen molar-refractivity contribution in [2.45, 2.75) is 52.7 Å². The Morgan fingerprint density at radius 1 is 1.38 bits per heavy atom. The molecule has 0 heterocycles. The van der Waals surface area contributed by atoms with E-state index in [1.54, 1.807) is 26.8 Å². The van der Waals surface area contributed by atoms with E-state index in [0.29, 0.717) is 12.1 Å². The largest absolute Gasteiger partial charge is 0.389 e. The molecular formula is C17H29FN2O. The molecule has 21 heavy (non-hydrogen) atoms. The number of aryl methyl sites for hydroxylation is 1. The molecule has 0 spiro atoms. The number of halogens is 1. The molecule has 2 N–H and O–H groups in total. The van der Waals surface area contributed by atoms with Gasteiger partial charge in [0.2, 0.25) is 0 Å². The molecule has 120 valence electrons. The van der Waals surface area contributed by atoms with Crippen molar-refractivity contribution >= 4 is 5.69 Å². The van der Waals surface area contributed by atoms with E-state index in [9.17, 15) is 9.50 Å². The van der Waals surface area contributed by atoms with Gasteiger partial charge in [-0.1, -0.05) is 6.92 Å². The fourth-order valence-electron chi connectivity index (χ4n) is 2.50. The highest BCUT2D eigenvalue weighted by Gasteiger charge is 2.21. The van der Waals surface area contributed by atoms with Gasteiger partial charge >= 0.3 is 0 Å². The highest BCUT2D eigenvalue weighted by Crippen LogP contribution is 2.29. The summed E-state index contributed by atoms with van der Waals surface area (Å²) < 4.78 is 13.9. The second kappa shape index (κ2) is 7.23. The number of nitrogens with zero attached hydrogens (tertiary/aromatic N) is 1. The van der Waals surface area contributed by atoms with Crippen molar-refractivity contribution in [1.29, 1.82) is 0 Å². The van der Waals surface area contributed by atoms with Gasteiger partial charge in [-0.25, -0.2) is 4.39 Å². The van der Waals surface area contributed by atoms with Crippen LogP contribution in [0.1, 0.15) is 51.3 Å². The zero-order valence-electron chi connectivity index (χ0n) is 14.1. The highest BCUT2D eigenvalue weighted by atomic mass is 19.1. The van der Waals surface area contributed by atoms with Crippen LogP contribution < -0.4 is 10.2 Å². The van der Waals surface area contributed by atoms with Crippen LogP contribution in [0.5, 0.6) is 0 Å². The second-order valence-electron chi connectivity index (χ2n) is 6.50. The molecule has 3 nitrogen and oxygen atoms in total. The van der Waals surface area contributed by atoms with Crippen LogP contribution in [0.2, 0.25) is 0 Å². The molecule has 0 radical (unpaired) electrons. The standard InChI is InChI=1S/C17H29FN2O/c1-7-8-19-13(3)14-10-15(18)12(2)9-16(14)20(6)11-17(4,5)21/h9-10,13,19,21H,7-8,11H2,1-6H3. The number of likely N-dealkylation sites (N-methyl/N-ethyl adjacent to an activating group) is 1. The summed E-state index contributed by atoms with van der Waals surface area (Å²) in [7, 11) is 1.93. The molecule has 0 aliphatic carbocycles. The van der Waals surface area contributed by atoms with Crippen LogP contribution in [0.15, 0.2) is 12.1 Å². The summed E-state index contributed by atoms with van der Waals surface area (Å²) in [6, 6.07) is 3.54. The van der Waals surface area contributed by atoms with Gasteiger partial charge in [-0.2, -0.15) is 0 Å². The Morgan fingerprint density at radius 3 is 2.52 bits per heavy atom. The Bertz CT molecular complexity index is 469. The summed E-state index contributed by atoms with van der Waals surface area (Å²) in [6.07, 6.45) is 1.04. The summed E-state index contributed by atoms with van der Waals surface area (Å²) in [6.45, 7) is 10.9. The highest BCUT2D eigenvalue weighted by molar-refractivity contribution is 5.57. The number of rotatable bonds is 7. The topological polar surface area (TPSA) is 35.5 Å². The van der Waals surface area contributed by atoms with Crippen LogP contribution in [0, 0.1) is 12.7 Å². The zero-order valence-corrected chi connectivity index (χ0v) is 14.1. The van der Waals surface area contributed by atoms with Crippen molar-refractivity contribution in [2.24, 2.45) is 0 Å². The van der Waals surface area contributed by atoms with Crippen molar-refractivity contribution in [3.05, 3.63) is 29.1 Å². The lowest BCUT2D eigenvalue weighted by Crippen LogP contribution is -2.37. The second-order valence-corrected chi connectivity index (χ2v) is 6.50. The molecule has 0 saturated carbocycles. The van der Waals surface area contributed by atoms with E-state index >= 15 is 0 Å². The third-order valence-corrected chi connectivity index (χ3v) is 3.51. The third kappa shape index (κ3) is 5.29. The third-order valence-electron chi connectivity index (χ3n) is 3.51. The number of hydrogen-bond donors (Lipinski definition) is 2. The Morgan fingerprint density at radius 2 is 2.00 bits per heavy atom. The van der Waals surface area contributed by atoms with Gasteiger partial charge in [-0.05, 0) is 63.9 Å². The van der Waals surface area contributed by atoms with Gasteiger partial charge in [-0.3, -0.25) is 0 Å². The van der Waals surface area contributed by atoms with Crippen molar-refractivity contribution < 1.29 is 9.50 Å². The summed E-state index contributed by atoms with van der Waals surface area (Å²) >= 11 is 0. The van der Waals surface area contributed by atoms with Crippen molar-refractivity contribution in [1.82, 2.24) is 5.32 Å². The van der Waals surface area contributed by atoms with Gasteiger partial charge < -0.3 is 15.3 Å². The van der Waals surface area contributed by atoms with Gasteiger partial charge in [0.1, 0.15) is 5.82 Å². The van der Waals surface area contributed by atoms with Crippen LogP contribution in [0.25, 0.3) is 0 Å². The lowest BCUT2D eigenvalue weighted by molar-refractivity contribution is 0.0885. The van der Waals surface area contributed by atoms with Crippen LogP contribution in [-0.2, 0) is 0 Å². The molecule has 4 heteroatoms. The molecule has 0 saturated heterocycles. The maximum atomic E-state index is 13.9. The van der Waals surface area contributed by atoms with Crippen LogP contribution in [0.4, 0.5) is 10.1 Å². The van der Waals surface area contributed by atoms with Gasteiger partial charge in [-0.15, -0.1) is 0 Å². The minimum absolute atomic E-state index is 0.0688. The minimum Gasteiger partial charge on any atom is -0.389 e. The molecule has 1 rings (SSSR count). The molecule has 0 aliphatic heterocycles. The molecule has 0 aliphatic rings. The lowest BCUT2D eigenvalue weighted by atomic mass is 10.0. The average Bonchev–Trinajstić information content (AvgIpc) is 2.36. The first-order valence-corrected chi connectivity index (χ1v) is 7.62. The number of anilines is 1. The molecular weight excluding hydrogens is 267 g/mol. The average molecular weight is 296 g/mol. The molecule has 0 amide bonds. The van der Waals surface area contributed by atoms with E-state index in [4.69, 9.17) is 0 Å². The molecule has 1 unspecified atom stereocenters. The fraction of sp³-hybridized carbons (Fsp3) is 0.647.